The number of carbonyl (C=O) groups is 1. The van der Waals surface area contributed by atoms with Crippen molar-refractivity contribution in [2.24, 2.45) is 28.6 Å². The molecule has 0 spiro atoms. The number of likely N-dealkylation sites (N-methyl/N-ethyl adjacent to an activating group) is 1. The van der Waals surface area contributed by atoms with Gasteiger partial charge in [0.1, 0.15) is 0 Å². The highest BCUT2D eigenvalue weighted by atomic mass is 16.5. The van der Waals surface area contributed by atoms with Crippen LogP contribution in [-0.4, -0.2) is 64.9 Å². The monoisotopic (exact) mass is 445 g/mol. The molecule has 7 unspecified atom stereocenters. The molecular formula is C27H43NO4. The molecule has 5 heteroatoms. The highest BCUT2D eigenvalue weighted by Crippen LogP contribution is 2.67. The number of ketones is 1. The maximum Gasteiger partial charge on any atom is 0.159 e. The van der Waals surface area contributed by atoms with E-state index in [-0.39, 0.29) is 34.6 Å². The van der Waals surface area contributed by atoms with Gasteiger partial charge in [-0.2, -0.15) is 0 Å². The van der Waals surface area contributed by atoms with E-state index in [2.05, 4.69) is 32.7 Å². The number of nitrogens with zero attached hydrogens (tertiary/aromatic N) is 1. The number of hydrogen-bond acceptors (Lipinski definition) is 5. The second kappa shape index (κ2) is 7.90. The molecular weight excluding hydrogens is 402 g/mol. The van der Waals surface area contributed by atoms with E-state index in [1.54, 1.807) is 0 Å². The van der Waals surface area contributed by atoms with Crippen LogP contribution in [0.5, 0.6) is 0 Å². The molecule has 5 nitrogen and oxygen atoms in total. The SMILES string of the molecule is CC(C1CC[C@@]2(O)C3=CC(=O)C4CC(O)CCC4(C)C3CC[C@]12C)N(C)CC1CCCO1. The lowest BCUT2D eigenvalue weighted by atomic mass is 9.46. The van der Waals surface area contributed by atoms with E-state index in [0.29, 0.717) is 24.5 Å². The third kappa shape index (κ3) is 3.21. The summed E-state index contributed by atoms with van der Waals surface area (Å²) < 4.78 is 5.88. The molecule has 0 bridgehead atoms. The molecule has 180 valence electrons. The maximum atomic E-state index is 13.3. The molecule has 4 fully saturated rings. The summed E-state index contributed by atoms with van der Waals surface area (Å²) in [5, 5.41) is 22.5. The van der Waals surface area contributed by atoms with Crippen molar-refractivity contribution in [1.29, 1.82) is 0 Å². The first-order valence-corrected chi connectivity index (χ1v) is 13.1. The van der Waals surface area contributed by atoms with E-state index < -0.39 is 5.60 Å². The molecule has 9 atom stereocenters. The van der Waals surface area contributed by atoms with Crippen LogP contribution in [0.25, 0.3) is 0 Å². The Labute approximate surface area is 193 Å². The van der Waals surface area contributed by atoms with Crippen LogP contribution in [0.1, 0.15) is 78.6 Å². The normalized spacial score (nSPS) is 49.4. The Hall–Kier alpha value is -0.750. The molecule has 0 radical (unpaired) electrons. The maximum absolute atomic E-state index is 13.3. The van der Waals surface area contributed by atoms with Crippen LogP contribution in [0.3, 0.4) is 0 Å². The zero-order valence-electron chi connectivity index (χ0n) is 20.5. The molecule has 1 aliphatic heterocycles. The van der Waals surface area contributed by atoms with Crippen LogP contribution in [0.4, 0.5) is 0 Å². The molecule has 1 saturated heterocycles. The lowest BCUT2D eigenvalue weighted by Crippen LogP contribution is -2.60. The summed E-state index contributed by atoms with van der Waals surface area (Å²) in [5.41, 5.74) is -0.198. The van der Waals surface area contributed by atoms with E-state index in [9.17, 15) is 15.0 Å². The first-order chi connectivity index (χ1) is 15.1. The fraction of sp³-hybridized carbons (Fsp3) is 0.889. The van der Waals surface area contributed by atoms with Gasteiger partial charge in [-0.05, 0) is 101 Å². The van der Waals surface area contributed by atoms with E-state index in [1.807, 2.05) is 6.08 Å². The minimum Gasteiger partial charge on any atom is -0.393 e. The number of fused-ring (bicyclic) bond motifs is 5. The zero-order chi connectivity index (χ0) is 22.9. The average Bonchev–Trinajstić information content (AvgIpc) is 3.35. The average molecular weight is 446 g/mol. The predicted octanol–water partition coefficient (Wildman–Crippen LogP) is 3.72. The fourth-order valence-corrected chi connectivity index (χ4v) is 8.71. The van der Waals surface area contributed by atoms with Crippen molar-refractivity contribution in [1.82, 2.24) is 4.90 Å². The van der Waals surface area contributed by atoms with Crippen LogP contribution in [0, 0.1) is 28.6 Å². The van der Waals surface area contributed by atoms with Gasteiger partial charge < -0.3 is 19.8 Å². The van der Waals surface area contributed by atoms with Crippen molar-refractivity contribution < 1.29 is 19.7 Å². The molecule has 32 heavy (non-hydrogen) atoms. The molecule has 5 aliphatic rings. The van der Waals surface area contributed by atoms with Crippen molar-refractivity contribution in [2.75, 3.05) is 20.2 Å². The highest BCUT2D eigenvalue weighted by molar-refractivity contribution is 5.95. The van der Waals surface area contributed by atoms with Gasteiger partial charge in [0.15, 0.2) is 5.78 Å². The topological polar surface area (TPSA) is 70.0 Å². The zero-order valence-corrected chi connectivity index (χ0v) is 20.5. The number of aliphatic hydroxyl groups is 2. The first kappa shape index (κ1) is 23.0. The number of hydrogen-bond donors (Lipinski definition) is 2. The molecule has 1 heterocycles. The van der Waals surface area contributed by atoms with Crippen molar-refractivity contribution in [3.8, 4) is 0 Å². The Kier molecular flexibility index (Phi) is 5.68. The summed E-state index contributed by atoms with van der Waals surface area (Å²) >= 11 is 0. The molecule has 0 aromatic heterocycles. The van der Waals surface area contributed by atoms with E-state index in [1.165, 1.54) is 0 Å². The summed E-state index contributed by atoms with van der Waals surface area (Å²) in [4.78, 5) is 15.7. The Morgan fingerprint density at radius 3 is 2.66 bits per heavy atom. The molecule has 0 aromatic carbocycles. The van der Waals surface area contributed by atoms with Gasteiger partial charge in [0, 0.05) is 30.5 Å². The van der Waals surface area contributed by atoms with E-state index in [4.69, 9.17) is 4.74 Å². The van der Waals surface area contributed by atoms with Gasteiger partial charge in [0.05, 0.1) is 17.8 Å². The third-order valence-corrected chi connectivity index (χ3v) is 10.9. The van der Waals surface area contributed by atoms with Crippen LogP contribution in [0.2, 0.25) is 0 Å². The highest BCUT2D eigenvalue weighted by Gasteiger charge is 2.66. The van der Waals surface area contributed by atoms with E-state index in [0.717, 1.165) is 70.1 Å². The molecule has 0 aromatic rings. The summed E-state index contributed by atoms with van der Waals surface area (Å²) in [5.74, 6) is 0.702. The lowest BCUT2D eigenvalue weighted by Gasteiger charge is -2.60. The third-order valence-electron chi connectivity index (χ3n) is 10.9. The Bertz CT molecular complexity index is 791. The number of allylic oxidation sites excluding steroid dienone is 1. The van der Waals surface area contributed by atoms with Crippen LogP contribution >= 0.6 is 0 Å². The fourth-order valence-electron chi connectivity index (χ4n) is 8.71. The number of carbonyl (C=O) groups excluding carboxylic acids is 1. The summed E-state index contributed by atoms with van der Waals surface area (Å²) in [6.45, 7) is 8.71. The van der Waals surface area contributed by atoms with Gasteiger partial charge in [-0.15, -0.1) is 0 Å². The van der Waals surface area contributed by atoms with Gasteiger partial charge in [0.25, 0.3) is 0 Å². The van der Waals surface area contributed by atoms with Crippen molar-refractivity contribution in [2.45, 2.75) is 102 Å². The summed E-state index contributed by atoms with van der Waals surface area (Å²) in [7, 11) is 2.21. The number of aliphatic hydroxyl groups excluding tert-OH is 1. The molecule has 0 amide bonds. The molecule has 2 N–H and O–H groups in total. The first-order valence-electron chi connectivity index (χ1n) is 13.1. The van der Waals surface area contributed by atoms with Crippen LogP contribution in [0.15, 0.2) is 11.6 Å². The van der Waals surface area contributed by atoms with Crippen molar-refractivity contribution in [3.05, 3.63) is 11.6 Å². The van der Waals surface area contributed by atoms with Gasteiger partial charge in [-0.25, -0.2) is 0 Å². The predicted molar refractivity (Wildman–Crippen MR) is 124 cm³/mol. The second-order valence-corrected chi connectivity index (χ2v) is 12.3. The summed E-state index contributed by atoms with van der Waals surface area (Å²) in [6.07, 6.45) is 10.1. The Morgan fingerprint density at radius 1 is 1.16 bits per heavy atom. The Morgan fingerprint density at radius 2 is 1.94 bits per heavy atom. The summed E-state index contributed by atoms with van der Waals surface area (Å²) in [6, 6.07) is 0.364. The van der Waals surface area contributed by atoms with Gasteiger partial charge in [0.2, 0.25) is 0 Å². The Balaban J connectivity index is 1.42. The molecule has 3 saturated carbocycles. The van der Waals surface area contributed by atoms with E-state index >= 15 is 0 Å². The molecule has 5 rings (SSSR count). The molecule has 4 aliphatic carbocycles. The number of rotatable bonds is 4. The van der Waals surface area contributed by atoms with Crippen LogP contribution < -0.4 is 0 Å². The minimum absolute atomic E-state index is 0.0957. The van der Waals surface area contributed by atoms with Crippen molar-refractivity contribution in [3.63, 3.8) is 0 Å². The second-order valence-electron chi connectivity index (χ2n) is 12.3. The minimum atomic E-state index is -0.890. The smallest absolute Gasteiger partial charge is 0.159 e. The lowest BCUT2D eigenvalue weighted by molar-refractivity contribution is -0.141. The standard InChI is InChI=1S/C27H43NO4/c1-17(28(4)16-19-6-5-13-32-19)20-9-12-27(31)22-15-24(30)23-14-18(29)7-10-25(23,2)21(22)8-11-26(20,27)3/h15,17-21,23,29,31H,5-14,16H2,1-4H3/t17?,18?,19?,20?,21?,23?,25?,26-,27-/m1/s1. The number of ether oxygens (including phenoxy) is 1. The van der Waals surface area contributed by atoms with Gasteiger partial charge in [-0.3, -0.25) is 4.79 Å². The van der Waals surface area contributed by atoms with Crippen molar-refractivity contribution >= 4 is 5.78 Å². The largest absolute Gasteiger partial charge is 0.393 e. The quantitative estimate of drug-likeness (QED) is 0.690. The van der Waals surface area contributed by atoms with Crippen LogP contribution in [-0.2, 0) is 9.53 Å². The van der Waals surface area contributed by atoms with Gasteiger partial charge in [-0.1, -0.05) is 13.8 Å². The van der Waals surface area contributed by atoms with Gasteiger partial charge >= 0.3 is 0 Å².